The van der Waals surface area contributed by atoms with Gasteiger partial charge < -0.3 is 0 Å². The van der Waals surface area contributed by atoms with Crippen LogP contribution in [0.3, 0.4) is 0 Å². The minimum Gasteiger partial charge on any atom is -0.289 e. The van der Waals surface area contributed by atoms with E-state index in [2.05, 4.69) is 30.3 Å². The molecule has 0 unspecified atom stereocenters. The quantitative estimate of drug-likeness (QED) is 0.457. The normalized spacial score (nSPS) is 13.2. The fraction of sp³-hybridized carbons (Fsp3) is 0.0556. The molecule has 1 nitrogen and oxygen atoms in total. The van der Waals surface area contributed by atoms with Crippen molar-refractivity contribution in [2.45, 2.75) is 6.42 Å². The molecule has 0 spiro atoms. The van der Waals surface area contributed by atoms with Crippen molar-refractivity contribution in [2.24, 2.45) is 0 Å². The third kappa shape index (κ3) is 1.45. The van der Waals surface area contributed by atoms with Gasteiger partial charge in [0.15, 0.2) is 5.78 Å². The van der Waals surface area contributed by atoms with Gasteiger partial charge in [-0.2, -0.15) is 0 Å². The standard InChI is InChI=1S/C18H12O/c19-18-15-9-2-1-5-13(15)11-14-8-3-6-12-7-4-10-16(18)17(12)14/h1-10H,11H2. The summed E-state index contributed by atoms with van der Waals surface area (Å²) >= 11 is 0. The van der Waals surface area contributed by atoms with Crippen molar-refractivity contribution in [2.75, 3.05) is 0 Å². The summed E-state index contributed by atoms with van der Waals surface area (Å²) in [5.41, 5.74) is 4.03. The summed E-state index contributed by atoms with van der Waals surface area (Å²) in [6.45, 7) is 0. The van der Waals surface area contributed by atoms with Gasteiger partial charge in [-0.15, -0.1) is 0 Å². The summed E-state index contributed by atoms with van der Waals surface area (Å²) in [6, 6.07) is 20.2. The van der Waals surface area contributed by atoms with Crippen LogP contribution in [0.25, 0.3) is 10.8 Å². The van der Waals surface area contributed by atoms with E-state index in [4.69, 9.17) is 0 Å². The first-order valence-corrected chi connectivity index (χ1v) is 6.48. The van der Waals surface area contributed by atoms with E-state index in [1.807, 2.05) is 30.3 Å². The van der Waals surface area contributed by atoms with E-state index in [0.29, 0.717) is 0 Å². The fourth-order valence-corrected chi connectivity index (χ4v) is 3.00. The van der Waals surface area contributed by atoms with Crippen LogP contribution in [0, 0.1) is 0 Å². The van der Waals surface area contributed by atoms with Gasteiger partial charge >= 0.3 is 0 Å². The minimum atomic E-state index is 0.145. The molecule has 3 aromatic rings. The number of carbonyl (C=O) groups excluding carboxylic acids is 1. The van der Waals surface area contributed by atoms with Crippen LogP contribution in [0.15, 0.2) is 60.7 Å². The second-order valence-electron chi connectivity index (χ2n) is 4.98. The van der Waals surface area contributed by atoms with Gasteiger partial charge in [-0.1, -0.05) is 60.7 Å². The summed E-state index contributed by atoms with van der Waals surface area (Å²) in [6.07, 6.45) is 0.830. The van der Waals surface area contributed by atoms with Gasteiger partial charge in [0, 0.05) is 11.1 Å². The molecule has 90 valence electrons. The van der Waals surface area contributed by atoms with Gasteiger partial charge in [-0.3, -0.25) is 4.79 Å². The zero-order chi connectivity index (χ0) is 12.8. The first-order valence-electron chi connectivity index (χ1n) is 6.48. The summed E-state index contributed by atoms with van der Waals surface area (Å²) < 4.78 is 0. The third-order valence-corrected chi connectivity index (χ3v) is 3.88. The number of hydrogen-bond acceptors (Lipinski definition) is 1. The van der Waals surface area contributed by atoms with Crippen LogP contribution in [-0.4, -0.2) is 5.78 Å². The van der Waals surface area contributed by atoms with Crippen LogP contribution < -0.4 is 0 Å². The van der Waals surface area contributed by atoms with E-state index in [1.54, 1.807) is 0 Å². The zero-order valence-electron chi connectivity index (χ0n) is 10.4. The third-order valence-electron chi connectivity index (χ3n) is 3.88. The first kappa shape index (κ1) is 10.5. The predicted octanol–water partition coefficient (Wildman–Crippen LogP) is 3.98. The predicted molar refractivity (Wildman–Crippen MR) is 76.6 cm³/mol. The Morgan fingerprint density at radius 1 is 0.684 bits per heavy atom. The van der Waals surface area contributed by atoms with Crippen LogP contribution >= 0.6 is 0 Å². The van der Waals surface area contributed by atoms with Crippen molar-refractivity contribution in [3.05, 3.63) is 82.9 Å². The average Bonchev–Trinajstić information content (AvgIpc) is 2.58. The molecule has 0 aromatic heterocycles. The van der Waals surface area contributed by atoms with Crippen LogP contribution in [0.5, 0.6) is 0 Å². The summed E-state index contributed by atoms with van der Waals surface area (Å²) in [4.78, 5) is 12.7. The largest absolute Gasteiger partial charge is 0.289 e. The highest BCUT2D eigenvalue weighted by Gasteiger charge is 2.21. The maximum atomic E-state index is 12.7. The second-order valence-corrected chi connectivity index (χ2v) is 4.98. The molecule has 0 bridgehead atoms. The van der Waals surface area contributed by atoms with Gasteiger partial charge in [0.2, 0.25) is 0 Å². The molecule has 1 aliphatic carbocycles. The molecule has 1 heteroatoms. The number of carbonyl (C=O) groups is 1. The van der Waals surface area contributed by atoms with E-state index in [-0.39, 0.29) is 5.78 Å². The summed E-state index contributed by atoms with van der Waals surface area (Å²) in [5.74, 6) is 0.145. The molecule has 1 aliphatic rings. The Morgan fingerprint density at radius 3 is 2.26 bits per heavy atom. The number of fused-ring (bicyclic) bond motifs is 1. The molecule has 0 saturated carbocycles. The molecular weight excluding hydrogens is 232 g/mol. The molecule has 0 amide bonds. The van der Waals surface area contributed by atoms with Crippen molar-refractivity contribution < 1.29 is 4.79 Å². The highest BCUT2D eigenvalue weighted by Crippen LogP contribution is 2.31. The van der Waals surface area contributed by atoms with Gasteiger partial charge in [-0.25, -0.2) is 0 Å². The second kappa shape index (κ2) is 3.79. The number of benzene rings is 3. The molecule has 19 heavy (non-hydrogen) atoms. The average molecular weight is 244 g/mol. The van der Waals surface area contributed by atoms with Crippen LogP contribution in [0.2, 0.25) is 0 Å². The summed E-state index contributed by atoms with van der Waals surface area (Å²) in [5, 5.41) is 2.27. The van der Waals surface area contributed by atoms with Crippen molar-refractivity contribution >= 4 is 16.6 Å². The van der Waals surface area contributed by atoms with Gasteiger partial charge in [0.25, 0.3) is 0 Å². The Labute approximate surface area is 111 Å². The Bertz CT molecular complexity index is 810. The topological polar surface area (TPSA) is 17.1 Å². The minimum absolute atomic E-state index is 0.145. The van der Waals surface area contributed by atoms with E-state index in [0.717, 1.165) is 33.9 Å². The van der Waals surface area contributed by atoms with E-state index >= 15 is 0 Å². The smallest absolute Gasteiger partial charge is 0.193 e. The fourth-order valence-electron chi connectivity index (χ4n) is 3.00. The molecule has 0 heterocycles. The van der Waals surface area contributed by atoms with Crippen molar-refractivity contribution in [1.29, 1.82) is 0 Å². The lowest BCUT2D eigenvalue weighted by molar-refractivity contribution is 0.104. The maximum Gasteiger partial charge on any atom is 0.193 e. The molecule has 0 aliphatic heterocycles. The Balaban J connectivity index is 2.16. The number of ketones is 1. The highest BCUT2D eigenvalue weighted by atomic mass is 16.1. The maximum absolute atomic E-state index is 12.7. The zero-order valence-corrected chi connectivity index (χ0v) is 10.4. The Morgan fingerprint density at radius 2 is 1.37 bits per heavy atom. The van der Waals surface area contributed by atoms with E-state index in [1.165, 1.54) is 5.56 Å². The van der Waals surface area contributed by atoms with Gasteiger partial charge in [0.1, 0.15) is 0 Å². The monoisotopic (exact) mass is 244 g/mol. The molecule has 0 N–H and O–H groups in total. The lowest BCUT2D eigenvalue weighted by atomic mass is 9.97. The lowest BCUT2D eigenvalue weighted by Crippen LogP contribution is -2.02. The van der Waals surface area contributed by atoms with Crippen LogP contribution in [-0.2, 0) is 6.42 Å². The molecule has 3 aromatic carbocycles. The number of hydrogen-bond donors (Lipinski definition) is 0. The van der Waals surface area contributed by atoms with Crippen molar-refractivity contribution in [1.82, 2.24) is 0 Å². The van der Waals surface area contributed by atoms with Crippen molar-refractivity contribution in [3.63, 3.8) is 0 Å². The van der Waals surface area contributed by atoms with Gasteiger partial charge in [-0.05, 0) is 28.3 Å². The molecule has 4 rings (SSSR count). The Hall–Kier alpha value is -2.41. The lowest BCUT2D eigenvalue weighted by Gasteiger charge is -2.06. The molecule has 0 saturated heterocycles. The highest BCUT2D eigenvalue weighted by molar-refractivity contribution is 6.18. The van der Waals surface area contributed by atoms with E-state index in [9.17, 15) is 4.79 Å². The Kier molecular flexibility index (Phi) is 2.10. The molecule has 0 atom stereocenters. The van der Waals surface area contributed by atoms with Crippen molar-refractivity contribution in [3.8, 4) is 0 Å². The molecule has 0 fully saturated rings. The van der Waals surface area contributed by atoms with Crippen LogP contribution in [0.1, 0.15) is 27.0 Å². The van der Waals surface area contributed by atoms with Crippen LogP contribution in [0.4, 0.5) is 0 Å². The van der Waals surface area contributed by atoms with Gasteiger partial charge in [0.05, 0.1) is 0 Å². The molecular formula is C18H12O. The first-order chi connectivity index (χ1) is 9.34. The number of rotatable bonds is 0. The van der Waals surface area contributed by atoms with E-state index < -0.39 is 0 Å². The molecule has 0 radical (unpaired) electrons. The summed E-state index contributed by atoms with van der Waals surface area (Å²) in [7, 11) is 0. The SMILES string of the molecule is O=C1c2ccccc2Cc2cccc3cccc1c23.